The normalized spacial score (nSPS) is 17.9. The van der Waals surface area contributed by atoms with Crippen LogP contribution in [0.15, 0.2) is 24.3 Å². The number of hydrogen-bond donors (Lipinski definition) is 1. The molecule has 0 unspecified atom stereocenters. The molecule has 18 heavy (non-hydrogen) atoms. The van der Waals surface area contributed by atoms with Crippen molar-refractivity contribution in [2.75, 3.05) is 26.2 Å². The molecule has 2 rings (SSSR count). The fraction of sp³-hybridized carbons (Fsp3) is 0.600. The summed E-state index contributed by atoms with van der Waals surface area (Å²) in [4.78, 5) is 2.41. The van der Waals surface area contributed by atoms with Crippen LogP contribution in [0.25, 0.3) is 0 Å². The Hall–Kier alpha value is -1.06. The first kappa shape index (κ1) is 13.4. The molecule has 1 aromatic rings. The van der Waals surface area contributed by atoms with Crippen LogP contribution in [0.1, 0.15) is 24.8 Å². The third kappa shape index (κ3) is 4.31. The van der Waals surface area contributed by atoms with Gasteiger partial charge in [0.1, 0.15) is 5.75 Å². The van der Waals surface area contributed by atoms with Gasteiger partial charge in [0.15, 0.2) is 0 Å². The number of aryl methyl sites for hydroxylation is 1. The monoisotopic (exact) mass is 249 g/mol. The standard InChI is InChI=1S/C15H23NO2/c1-13-3-5-15(6-4-13)18-12-2-9-16-10-7-14(17)8-11-16/h3-6,14,17H,2,7-12H2,1H3. The van der Waals surface area contributed by atoms with Crippen LogP contribution in [0.2, 0.25) is 0 Å². The Morgan fingerprint density at radius 1 is 1.22 bits per heavy atom. The van der Waals surface area contributed by atoms with Crippen LogP contribution < -0.4 is 4.74 Å². The number of benzene rings is 1. The van der Waals surface area contributed by atoms with Gasteiger partial charge in [-0.25, -0.2) is 0 Å². The molecule has 1 aromatic carbocycles. The quantitative estimate of drug-likeness (QED) is 0.812. The SMILES string of the molecule is Cc1ccc(OCCCN2CCC(O)CC2)cc1. The van der Waals surface area contributed by atoms with Crippen LogP contribution in [-0.2, 0) is 0 Å². The lowest BCUT2D eigenvalue weighted by atomic mass is 10.1. The summed E-state index contributed by atoms with van der Waals surface area (Å²) < 4.78 is 5.70. The van der Waals surface area contributed by atoms with Gasteiger partial charge in [-0.15, -0.1) is 0 Å². The number of ether oxygens (including phenoxy) is 1. The maximum atomic E-state index is 9.42. The molecule has 0 atom stereocenters. The molecule has 1 heterocycles. The van der Waals surface area contributed by atoms with Gasteiger partial charge in [-0.1, -0.05) is 17.7 Å². The maximum Gasteiger partial charge on any atom is 0.119 e. The van der Waals surface area contributed by atoms with Gasteiger partial charge < -0.3 is 14.7 Å². The van der Waals surface area contributed by atoms with Gasteiger partial charge in [-0.3, -0.25) is 0 Å². The summed E-state index contributed by atoms with van der Waals surface area (Å²) in [7, 11) is 0. The molecular weight excluding hydrogens is 226 g/mol. The zero-order valence-electron chi connectivity index (χ0n) is 11.1. The van der Waals surface area contributed by atoms with Crippen molar-refractivity contribution in [3.8, 4) is 5.75 Å². The highest BCUT2D eigenvalue weighted by molar-refractivity contribution is 5.26. The Balaban J connectivity index is 1.60. The minimum atomic E-state index is -0.0786. The summed E-state index contributed by atoms with van der Waals surface area (Å²) in [5, 5.41) is 9.42. The molecule has 0 bridgehead atoms. The number of rotatable bonds is 5. The van der Waals surface area contributed by atoms with E-state index in [0.717, 1.165) is 51.3 Å². The summed E-state index contributed by atoms with van der Waals surface area (Å²) in [6.45, 7) is 5.95. The first-order valence-corrected chi connectivity index (χ1v) is 6.84. The average molecular weight is 249 g/mol. The summed E-state index contributed by atoms with van der Waals surface area (Å²) in [5.74, 6) is 0.953. The molecule has 0 aromatic heterocycles. The van der Waals surface area contributed by atoms with Crippen molar-refractivity contribution < 1.29 is 9.84 Å². The van der Waals surface area contributed by atoms with Crippen molar-refractivity contribution in [2.24, 2.45) is 0 Å². The molecule has 1 aliphatic heterocycles. The van der Waals surface area contributed by atoms with E-state index in [1.54, 1.807) is 0 Å². The lowest BCUT2D eigenvalue weighted by molar-refractivity contribution is 0.0800. The van der Waals surface area contributed by atoms with Crippen molar-refractivity contribution in [1.82, 2.24) is 4.90 Å². The Kier molecular flexibility index (Phi) is 5.02. The molecule has 1 saturated heterocycles. The Labute approximate surface area is 109 Å². The molecule has 1 N–H and O–H groups in total. The summed E-state index contributed by atoms with van der Waals surface area (Å²) >= 11 is 0. The Bertz CT molecular complexity index is 342. The van der Waals surface area contributed by atoms with E-state index < -0.39 is 0 Å². The van der Waals surface area contributed by atoms with Crippen LogP contribution in [-0.4, -0.2) is 42.4 Å². The van der Waals surface area contributed by atoms with Gasteiger partial charge in [0.2, 0.25) is 0 Å². The third-order valence-corrected chi connectivity index (χ3v) is 3.47. The molecule has 3 nitrogen and oxygen atoms in total. The minimum absolute atomic E-state index is 0.0786. The Morgan fingerprint density at radius 3 is 2.56 bits per heavy atom. The van der Waals surface area contributed by atoms with E-state index in [1.165, 1.54) is 5.56 Å². The first-order chi connectivity index (χ1) is 8.74. The van der Waals surface area contributed by atoms with Crippen molar-refractivity contribution in [3.63, 3.8) is 0 Å². The average Bonchev–Trinajstić information content (AvgIpc) is 2.39. The number of hydrogen-bond acceptors (Lipinski definition) is 3. The molecule has 100 valence electrons. The fourth-order valence-corrected chi connectivity index (χ4v) is 2.26. The van der Waals surface area contributed by atoms with E-state index in [1.807, 2.05) is 12.1 Å². The lowest BCUT2D eigenvalue weighted by Gasteiger charge is -2.29. The highest BCUT2D eigenvalue weighted by atomic mass is 16.5. The molecular formula is C15H23NO2. The summed E-state index contributed by atoms with van der Waals surface area (Å²) in [5.41, 5.74) is 1.26. The zero-order valence-corrected chi connectivity index (χ0v) is 11.1. The predicted octanol–water partition coefficient (Wildman–Crippen LogP) is 2.22. The van der Waals surface area contributed by atoms with Crippen molar-refractivity contribution in [2.45, 2.75) is 32.3 Å². The highest BCUT2D eigenvalue weighted by Crippen LogP contribution is 2.13. The number of piperidine rings is 1. The van der Waals surface area contributed by atoms with Gasteiger partial charge in [0.25, 0.3) is 0 Å². The molecule has 1 aliphatic rings. The minimum Gasteiger partial charge on any atom is -0.494 e. The van der Waals surface area contributed by atoms with Crippen molar-refractivity contribution >= 4 is 0 Å². The van der Waals surface area contributed by atoms with E-state index in [2.05, 4.69) is 24.0 Å². The first-order valence-electron chi connectivity index (χ1n) is 6.84. The van der Waals surface area contributed by atoms with Crippen LogP contribution in [0, 0.1) is 6.92 Å². The van der Waals surface area contributed by atoms with E-state index in [0.29, 0.717) is 0 Å². The second-order valence-corrected chi connectivity index (χ2v) is 5.09. The fourth-order valence-electron chi connectivity index (χ4n) is 2.26. The summed E-state index contributed by atoms with van der Waals surface area (Å²) in [6.07, 6.45) is 2.80. The second kappa shape index (κ2) is 6.76. The lowest BCUT2D eigenvalue weighted by Crippen LogP contribution is -2.36. The van der Waals surface area contributed by atoms with Crippen molar-refractivity contribution in [3.05, 3.63) is 29.8 Å². The van der Waals surface area contributed by atoms with Crippen LogP contribution in [0.3, 0.4) is 0 Å². The van der Waals surface area contributed by atoms with Gasteiger partial charge in [0, 0.05) is 19.6 Å². The number of aliphatic hydroxyl groups is 1. The summed E-state index contributed by atoms with van der Waals surface area (Å²) in [6, 6.07) is 8.18. The van der Waals surface area contributed by atoms with Gasteiger partial charge in [-0.05, 0) is 38.3 Å². The predicted molar refractivity (Wildman–Crippen MR) is 73.0 cm³/mol. The van der Waals surface area contributed by atoms with Crippen molar-refractivity contribution in [1.29, 1.82) is 0 Å². The second-order valence-electron chi connectivity index (χ2n) is 5.09. The van der Waals surface area contributed by atoms with E-state index in [-0.39, 0.29) is 6.10 Å². The smallest absolute Gasteiger partial charge is 0.119 e. The highest BCUT2D eigenvalue weighted by Gasteiger charge is 2.15. The van der Waals surface area contributed by atoms with E-state index in [9.17, 15) is 5.11 Å². The molecule has 0 amide bonds. The van der Waals surface area contributed by atoms with E-state index >= 15 is 0 Å². The molecule has 0 aliphatic carbocycles. The number of aliphatic hydroxyl groups excluding tert-OH is 1. The molecule has 0 spiro atoms. The number of nitrogens with zero attached hydrogens (tertiary/aromatic N) is 1. The Morgan fingerprint density at radius 2 is 1.89 bits per heavy atom. The van der Waals surface area contributed by atoms with Gasteiger partial charge in [-0.2, -0.15) is 0 Å². The molecule has 1 fully saturated rings. The molecule has 0 radical (unpaired) electrons. The molecule has 3 heteroatoms. The van der Waals surface area contributed by atoms with Gasteiger partial charge in [0.05, 0.1) is 12.7 Å². The zero-order chi connectivity index (χ0) is 12.8. The topological polar surface area (TPSA) is 32.7 Å². The largest absolute Gasteiger partial charge is 0.494 e. The third-order valence-electron chi connectivity index (χ3n) is 3.47. The maximum absolute atomic E-state index is 9.42. The number of likely N-dealkylation sites (tertiary alicyclic amines) is 1. The van der Waals surface area contributed by atoms with E-state index in [4.69, 9.17) is 4.74 Å². The van der Waals surface area contributed by atoms with Crippen LogP contribution in [0.5, 0.6) is 5.75 Å². The van der Waals surface area contributed by atoms with Crippen LogP contribution >= 0.6 is 0 Å². The molecule has 0 saturated carbocycles. The van der Waals surface area contributed by atoms with Gasteiger partial charge >= 0.3 is 0 Å². The van der Waals surface area contributed by atoms with Crippen LogP contribution in [0.4, 0.5) is 0 Å².